The number of benzene rings is 1. The first kappa shape index (κ1) is 12.4. The van der Waals surface area contributed by atoms with E-state index in [2.05, 4.69) is 0 Å². The minimum absolute atomic E-state index is 0.126. The number of rotatable bonds is 2. The Labute approximate surface area is 113 Å². The van der Waals surface area contributed by atoms with Crippen LogP contribution >= 0.6 is 34.5 Å². The number of aryl methyl sites for hydroxylation is 1. The molecule has 0 atom stereocenters. The van der Waals surface area contributed by atoms with Gasteiger partial charge in [0.05, 0.1) is 9.21 Å². The molecule has 0 bridgehead atoms. The van der Waals surface area contributed by atoms with Crippen LogP contribution < -0.4 is 5.73 Å². The standard InChI is InChI=1S/C12H9Cl2NOS/c1-6-4-10(17-12(6)14)11(16)8-3-2-7(13)5-9(8)15/h2-5H,15H2,1H3. The first-order valence-corrected chi connectivity index (χ1v) is 6.42. The molecular weight excluding hydrogens is 277 g/mol. The molecule has 88 valence electrons. The Morgan fingerprint density at radius 2 is 2.00 bits per heavy atom. The number of nitrogen functional groups attached to an aromatic ring is 1. The molecule has 0 amide bonds. The van der Waals surface area contributed by atoms with Crippen molar-refractivity contribution < 1.29 is 4.79 Å². The Bertz CT molecular complexity index is 573. The Morgan fingerprint density at radius 1 is 1.29 bits per heavy atom. The molecule has 2 aromatic rings. The van der Waals surface area contributed by atoms with Crippen LogP contribution in [0.5, 0.6) is 0 Å². The largest absolute Gasteiger partial charge is 0.398 e. The number of carbonyl (C=O) groups excluding carboxylic acids is 1. The summed E-state index contributed by atoms with van der Waals surface area (Å²) in [5, 5.41) is 0.513. The Kier molecular flexibility index (Phi) is 3.43. The highest BCUT2D eigenvalue weighted by molar-refractivity contribution is 7.18. The van der Waals surface area contributed by atoms with Gasteiger partial charge in [-0.25, -0.2) is 0 Å². The number of anilines is 1. The van der Waals surface area contributed by atoms with Gasteiger partial charge in [0.25, 0.3) is 0 Å². The summed E-state index contributed by atoms with van der Waals surface area (Å²) in [7, 11) is 0. The molecule has 0 aliphatic rings. The van der Waals surface area contributed by atoms with Gasteiger partial charge < -0.3 is 5.73 Å². The zero-order valence-corrected chi connectivity index (χ0v) is 11.3. The SMILES string of the molecule is Cc1cc(C(=O)c2ccc(Cl)cc2N)sc1Cl. The van der Waals surface area contributed by atoms with E-state index in [9.17, 15) is 4.79 Å². The fourth-order valence-corrected chi connectivity index (χ4v) is 2.78. The number of carbonyl (C=O) groups is 1. The molecule has 0 fully saturated rings. The topological polar surface area (TPSA) is 43.1 Å². The van der Waals surface area contributed by atoms with Gasteiger partial charge in [-0.3, -0.25) is 4.79 Å². The van der Waals surface area contributed by atoms with Gasteiger partial charge in [-0.05, 0) is 36.8 Å². The molecule has 1 aromatic carbocycles. The van der Waals surface area contributed by atoms with Crippen molar-refractivity contribution in [3.05, 3.63) is 49.6 Å². The molecule has 0 aliphatic carbocycles. The molecule has 1 aromatic heterocycles. The van der Waals surface area contributed by atoms with E-state index >= 15 is 0 Å². The van der Waals surface area contributed by atoms with Gasteiger partial charge in [0.2, 0.25) is 5.78 Å². The molecule has 5 heteroatoms. The fourth-order valence-electron chi connectivity index (χ4n) is 1.44. The summed E-state index contributed by atoms with van der Waals surface area (Å²) in [5.74, 6) is -0.126. The second-order valence-electron chi connectivity index (χ2n) is 3.63. The third-order valence-electron chi connectivity index (χ3n) is 2.34. The van der Waals surface area contributed by atoms with E-state index in [1.807, 2.05) is 6.92 Å². The van der Waals surface area contributed by atoms with Crippen LogP contribution in [-0.4, -0.2) is 5.78 Å². The van der Waals surface area contributed by atoms with Crippen molar-refractivity contribution in [3.63, 3.8) is 0 Å². The molecular formula is C12H9Cl2NOS. The van der Waals surface area contributed by atoms with Crippen LogP contribution in [0.4, 0.5) is 5.69 Å². The van der Waals surface area contributed by atoms with Crippen molar-refractivity contribution in [2.45, 2.75) is 6.92 Å². The second-order valence-corrected chi connectivity index (χ2v) is 5.72. The predicted octanol–water partition coefficient (Wildman–Crippen LogP) is 4.18. The minimum atomic E-state index is -0.126. The lowest BCUT2D eigenvalue weighted by Gasteiger charge is -2.03. The predicted molar refractivity (Wildman–Crippen MR) is 73.4 cm³/mol. The average molecular weight is 286 g/mol. The summed E-state index contributed by atoms with van der Waals surface area (Å²) in [6, 6.07) is 6.61. The normalized spacial score (nSPS) is 10.5. The number of thiophene rings is 1. The lowest BCUT2D eigenvalue weighted by atomic mass is 10.1. The van der Waals surface area contributed by atoms with Crippen molar-refractivity contribution in [2.75, 3.05) is 5.73 Å². The highest BCUT2D eigenvalue weighted by Gasteiger charge is 2.16. The smallest absolute Gasteiger partial charge is 0.205 e. The number of halogens is 2. The van der Waals surface area contributed by atoms with Crippen LogP contribution in [0.1, 0.15) is 20.8 Å². The second kappa shape index (κ2) is 4.69. The Hall–Kier alpha value is -1.03. The van der Waals surface area contributed by atoms with Crippen LogP contribution in [0.3, 0.4) is 0 Å². The van der Waals surface area contributed by atoms with Gasteiger partial charge in [-0.1, -0.05) is 23.2 Å². The van der Waals surface area contributed by atoms with E-state index in [0.717, 1.165) is 5.56 Å². The molecule has 0 saturated heterocycles. The van der Waals surface area contributed by atoms with E-state index in [-0.39, 0.29) is 5.78 Å². The summed E-state index contributed by atoms with van der Waals surface area (Å²) in [5.41, 5.74) is 7.50. The van der Waals surface area contributed by atoms with Gasteiger partial charge in [-0.15, -0.1) is 11.3 Å². The number of hydrogen-bond donors (Lipinski definition) is 1. The summed E-state index contributed by atoms with van der Waals surface area (Å²) in [6.45, 7) is 1.86. The zero-order chi connectivity index (χ0) is 12.6. The molecule has 2 nitrogen and oxygen atoms in total. The summed E-state index contributed by atoms with van der Waals surface area (Å²) in [4.78, 5) is 12.8. The van der Waals surface area contributed by atoms with Crippen molar-refractivity contribution in [3.8, 4) is 0 Å². The minimum Gasteiger partial charge on any atom is -0.398 e. The average Bonchev–Trinajstić information content (AvgIpc) is 2.58. The fraction of sp³-hybridized carbons (Fsp3) is 0.0833. The van der Waals surface area contributed by atoms with Crippen LogP contribution in [0.25, 0.3) is 0 Å². The van der Waals surface area contributed by atoms with Crippen LogP contribution in [0, 0.1) is 6.92 Å². The van der Waals surface area contributed by atoms with Crippen molar-refractivity contribution in [2.24, 2.45) is 0 Å². The molecule has 1 heterocycles. The lowest BCUT2D eigenvalue weighted by molar-refractivity contribution is 0.104. The van der Waals surface area contributed by atoms with E-state index in [4.69, 9.17) is 28.9 Å². The molecule has 17 heavy (non-hydrogen) atoms. The highest BCUT2D eigenvalue weighted by Crippen LogP contribution is 2.30. The van der Waals surface area contributed by atoms with Gasteiger partial charge in [0.15, 0.2) is 0 Å². The number of nitrogens with two attached hydrogens (primary N) is 1. The van der Waals surface area contributed by atoms with Crippen molar-refractivity contribution in [1.29, 1.82) is 0 Å². The maximum Gasteiger partial charge on any atom is 0.205 e. The van der Waals surface area contributed by atoms with E-state index in [1.54, 1.807) is 24.3 Å². The third-order valence-corrected chi connectivity index (χ3v) is 4.13. The molecule has 2 N–H and O–H groups in total. The van der Waals surface area contributed by atoms with E-state index < -0.39 is 0 Å². The monoisotopic (exact) mass is 285 g/mol. The Morgan fingerprint density at radius 3 is 2.53 bits per heavy atom. The first-order valence-electron chi connectivity index (χ1n) is 4.84. The summed E-state index contributed by atoms with van der Waals surface area (Å²) in [6.07, 6.45) is 0. The molecule has 0 saturated carbocycles. The number of hydrogen-bond acceptors (Lipinski definition) is 3. The van der Waals surface area contributed by atoms with Crippen LogP contribution in [0.2, 0.25) is 9.36 Å². The van der Waals surface area contributed by atoms with E-state index in [0.29, 0.717) is 25.5 Å². The first-order chi connectivity index (χ1) is 7.99. The maximum atomic E-state index is 12.2. The molecule has 2 rings (SSSR count). The zero-order valence-electron chi connectivity index (χ0n) is 8.96. The van der Waals surface area contributed by atoms with Gasteiger partial charge in [-0.2, -0.15) is 0 Å². The lowest BCUT2D eigenvalue weighted by Crippen LogP contribution is -2.03. The maximum absolute atomic E-state index is 12.2. The van der Waals surface area contributed by atoms with Gasteiger partial charge in [0, 0.05) is 16.3 Å². The molecule has 0 unspecified atom stereocenters. The number of ketones is 1. The van der Waals surface area contributed by atoms with Gasteiger partial charge >= 0.3 is 0 Å². The van der Waals surface area contributed by atoms with Crippen LogP contribution in [0.15, 0.2) is 24.3 Å². The molecule has 0 aliphatic heterocycles. The summed E-state index contributed by atoms with van der Waals surface area (Å²) >= 11 is 13.0. The summed E-state index contributed by atoms with van der Waals surface area (Å²) < 4.78 is 0.626. The third kappa shape index (κ3) is 2.46. The van der Waals surface area contributed by atoms with Crippen LogP contribution in [-0.2, 0) is 0 Å². The van der Waals surface area contributed by atoms with Gasteiger partial charge in [0.1, 0.15) is 0 Å². The van der Waals surface area contributed by atoms with Crippen molar-refractivity contribution in [1.82, 2.24) is 0 Å². The van der Waals surface area contributed by atoms with Crippen molar-refractivity contribution >= 4 is 46.0 Å². The highest BCUT2D eigenvalue weighted by atomic mass is 35.5. The Balaban J connectivity index is 2.43. The molecule has 0 spiro atoms. The van der Waals surface area contributed by atoms with E-state index in [1.165, 1.54) is 11.3 Å². The quantitative estimate of drug-likeness (QED) is 0.665. The molecule has 0 radical (unpaired) electrons.